The van der Waals surface area contributed by atoms with E-state index in [9.17, 15) is 10.1 Å². The molecule has 0 saturated heterocycles. The monoisotopic (exact) mass is 277 g/mol. The molecule has 0 aromatic heterocycles. The Hall–Kier alpha value is -1.46. The Morgan fingerprint density at radius 3 is 2.55 bits per heavy atom. The minimum Gasteiger partial charge on any atom is -0.328 e. The standard InChI is InChI=1S/C15H23N3O2/c1-2-17(14-9-7-13(16)8-10-14)11-12-5-3-4-6-15(12)18(19)20/h3-6,13-14H,2,7-11,16H2,1H3. The Morgan fingerprint density at radius 2 is 1.95 bits per heavy atom. The van der Waals surface area contributed by atoms with Crippen molar-refractivity contribution in [2.24, 2.45) is 5.73 Å². The Kier molecular flexibility index (Phi) is 5.09. The van der Waals surface area contributed by atoms with Gasteiger partial charge in [0.25, 0.3) is 5.69 Å². The Balaban J connectivity index is 2.08. The maximum Gasteiger partial charge on any atom is 0.273 e. The molecule has 0 spiro atoms. The van der Waals surface area contributed by atoms with Crippen LogP contribution in [0.1, 0.15) is 38.2 Å². The molecular formula is C15H23N3O2. The van der Waals surface area contributed by atoms with Crippen LogP contribution in [-0.4, -0.2) is 28.5 Å². The van der Waals surface area contributed by atoms with E-state index in [4.69, 9.17) is 5.73 Å². The third-order valence-corrected chi connectivity index (χ3v) is 4.23. The maximum atomic E-state index is 11.1. The second-order valence-corrected chi connectivity index (χ2v) is 5.52. The van der Waals surface area contributed by atoms with Crippen LogP contribution < -0.4 is 5.73 Å². The number of nitrogens with two attached hydrogens (primary N) is 1. The normalized spacial score (nSPS) is 22.9. The summed E-state index contributed by atoms with van der Waals surface area (Å²) < 4.78 is 0. The lowest BCUT2D eigenvalue weighted by Crippen LogP contribution is -2.40. The fourth-order valence-corrected chi connectivity index (χ4v) is 3.01. The topological polar surface area (TPSA) is 72.4 Å². The van der Waals surface area contributed by atoms with Crippen molar-refractivity contribution in [3.63, 3.8) is 0 Å². The molecule has 0 radical (unpaired) electrons. The van der Waals surface area contributed by atoms with Gasteiger partial charge in [0, 0.05) is 30.3 Å². The summed E-state index contributed by atoms with van der Waals surface area (Å²) in [6.07, 6.45) is 4.29. The van der Waals surface area contributed by atoms with E-state index in [1.54, 1.807) is 12.1 Å². The van der Waals surface area contributed by atoms with Gasteiger partial charge in [0.1, 0.15) is 0 Å². The minimum atomic E-state index is -0.292. The minimum absolute atomic E-state index is 0.221. The van der Waals surface area contributed by atoms with Crippen LogP contribution in [0.4, 0.5) is 5.69 Å². The molecule has 0 bridgehead atoms. The fourth-order valence-electron chi connectivity index (χ4n) is 3.01. The van der Waals surface area contributed by atoms with Crippen molar-refractivity contribution < 1.29 is 4.92 Å². The summed E-state index contributed by atoms with van der Waals surface area (Å²) >= 11 is 0. The van der Waals surface area contributed by atoms with E-state index in [0.717, 1.165) is 37.8 Å². The van der Waals surface area contributed by atoms with E-state index in [1.165, 1.54) is 0 Å². The van der Waals surface area contributed by atoms with Gasteiger partial charge in [-0.3, -0.25) is 15.0 Å². The number of benzene rings is 1. The predicted molar refractivity (Wildman–Crippen MR) is 79.4 cm³/mol. The highest BCUT2D eigenvalue weighted by Crippen LogP contribution is 2.26. The van der Waals surface area contributed by atoms with Crippen molar-refractivity contribution in [3.8, 4) is 0 Å². The molecule has 0 atom stereocenters. The summed E-state index contributed by atoms with van der Waals surface area (Å²) in [4.78, 5) is 13.1. The Morgan fingerprint density at radius 1 is 1.30 bits per heavy atom. The molecule has 2 N–H and O–H groups in total. The van der Waals surface area contributed by atoms with E-state index in [2.05, 4.69) is 11.8 Å². The summed E-state index contributed by atoms with van der Waals surface area (Å²) in [5.41, 5.74) is 6.97. The first-order valence-electron chi connectivity index (χ1n) is 7.33. The number of nitrogens with zero attached hydrogens (tertiary/aromatic N) is 2. The number of rotatable bonds is 5. The first-order chi connectivity index (χ1) is 9.61. The molecule has 110 valence electrons. The van der Waals surface area contributed by atoms with Crippen molar-refractivity contribution in [1.29, 1.82) is 0 Å². The molecule has 1 aromatic rings. The molecular weight excluding hydrogens is 254 g/mol. The Bertz CT molecular complexity index is 456. The van der Waals surface area contributed by atoms with Gasteiger partial charge < -0.3 is 5.73 Å². The van der Waals surface area contributed by atoms with Crippen molar-refractivity contribution in [1.82, 2.24) is 4.90 Å². The van der Waals surface area contributed by atoms with Crippen molar-refractivity contribution >= 4 is 5.69 Å². The predicted octanol–water partition coefficient (Wildman–Crippen LogP) is 2.69. The van der Waals surface area contributed by atoms with E-state index in [0.29, 0.717) is 18.6 Å². The maximum absolute atomic E-state index is 11.1. The molecule has 2 rings (SSSR count). The average molecular weight is 277 g/mol. The van der Waals surface area contributed by atoms with Crippen LogP contribution in [0, 0.1) is 10.1 Å². The molecule has 1 fully saturated rings. The van der Waals surface area contributed by atoms with Gasteiger partial charge in [-0.05, 0) is 32.2 Å². The van der Waals surface area contributed by atoms with Crippen LogP contribution in [0.2, 0.25) is 0 Å². The molecule has 5 heteroatoms. The van der Waals surface area contributed by atoms with E-state index in [1.807, 2.05) is 12.1 Å². The molecule has 0 unspecified atom stereocenters. The highest BCUT2D eigenvalue weighted by atomic mass is 16.6. The Labute approximate surface area is 119 Å². The summed E-state index contributed by atoms with van der Waals surface area (Å²) in [6.45, 7) is 3.67. The van der Waals surface area contributed by atoms with Gasteiger partial charge in [-0.1, -0.05) is 25.1 Å². The highest BCUT2D eigenvalue weighted by molar-refractivity contribution is 5.39. The number of hydrogen-bond donors (Lipinski definition) is 1. The number of para-hydroxylation sites is 1. The largest absolute Gasteiger partial charge is 0.328 e. The van der Waals surface area contributed by atoms with Crippen LogP contribution in [0.15, 0.2) is 24.3 Å². The fraction of sp³-hybridized carbons (Fsp3) is 0.600. The second kappa shape index (κ2) is 6.81. The molecule has 1 saturated carbocycles. The smallest absolute Gasteiger partial charge is 0.273 e. The lowest BCUT2D eigenvalue weighted by atomic mass is 9.90. The molecule has 20 heavy (non-hydrogen) atoms. The molecule has 0 aliphatic heterocycles. The zero-order chi connectivity index (χ0) is 14.5. The number of hydrogen-bond acceptors (Lipinski definition) is 4. The van der Waals surface area contributed by atoms with Gasteiger partial charge >= 0.3 is 0 Å². The quantitative estimate of drug-likeness (QED) is 0.663. The molecule has 1 aliphatic rings. The van der Waals surface area contributed by atoms with Crippen molar-refractivity contribution in [2.75, 3.05) is 6.54 Å². The van der Waals surface area contributed by atoms with Gasteiger partial charge in [-0.2, -0.15) is 0 Å². The summed E-state index contributed by atoms with van der Waals surface area (Å²) in [7, 11) is 0. The van der Waals surface area contributed by atoms with Crippen LogP contribution >= 0.6 is 0 Å². The van der Waals surface area contributed by atoms with Gasteiger partial charge in [-0.25, -0.2) is 0 Å². The van der Waals surface area contributed by atoms with Gasteiger partial charge in [0.2, 0.25) is 0 Å². The first-order valence-corrected chi connectivity index (χ1v) is 7.33. The second-order valence-electron chi connectivity index (χ2n) is 5.52. The number of nitro benzene ring substituents is 1. The first kappa shape index (κ1) is 14.9. The average Bonchev–Trinajstić information content (AvgIpc) is 2.46. The summed E-state index contributed by atoms with van der Waals surface area (Å²) in [5, 5.41) is 11.1. The van der Waals surface area contributed by atoms with Crippen LogP contribution in [0.5, 0.6) is 0 Å². The van der Waals surface area contributed by atoms with Crippen LogP contribution in [0.3, 0.4) is 0 Å². The molecule has 5 nitrogen and oxygen atoms in total. The highest BCUT2D eigenvalue weighted by Gasteiger charge is 2.25. The third-order valence-electron chi connectivity index (χ3n) is 4.23. The van der Waals surface area contributed by atoms with Crippen LogP contribution in [0.25, 0.3) is 0 Å². The zero-order valence-electron chi connectivity index (χ0n) is 12.0. The van der Waals surface area contributed by atoms with Crippen molar-refractivity contribution in [3.05, 3.63) is 39.9 Å². The summed E-state index contributed by atoms with van der Waals surface area (Å²) in [6, 6.07) is 7.86. The molecule has 0 heterocycles. The zero-order valence-corrected chi connectivity index (χ0v) is 12.0. The van der Waals surface area contributed by atoms with Gasteiger partial charge in [0.05, 0.1) is 4.92 Å². The van der Waals surface area contributed by atoms with Gasteiger partial charge in [-0.15, -0.1) is 0 Å². The number of nitro groups is 1. The summed E-state index contributed by atoms with van der Waals surface area (Å²) in [5.74, 6) is 0. The SMILES string of the molecule is CCN(Cc1ccccc1[N+](=O)[O-])C1CCC(N)CC1. The molecule has 1 aliphatic carbocycles. The third kappa shape index (κ3) is 3.55. The van der Waals surface area contributed by atoms with E-state index in [-0.39, 0.29) is 10.6 Å². The van der Waals surface area contributed by atoms with E-state index < -0.39 is 0 Å². The molecule has 1 aromatic carbocycles. The van der Waals surface area contributed by atoms with Gasteiger partial charge in [0.15, 0.2) is 0 Å². The van der Waals surface area contributed by atoms with Crippen LogP contribution in [-0.2, 0) is 6.54 Å². The lowest BCUT2D eigenvalue weighted by Gasteiger charge is -2.35. The molecule has 0 amide bonds. The van der Waals surface area contributed by atoms with Crippen molar-refractivity contribution in [2.45, 2.75) is 51.2 Å². The lowest BCUT2D eigenvalue weighted by molar-refractivity contribution is -0.385. The van der Waals surface area contributed by atoms with E-state index >= 15 is 0 Å².